The minimum Gasteiger partial charge on any atom is -0.368 e. The van der Waals surface area contributed by atoms with Crippen molar-refractivity contribution in [3.05, 3.63) is 76.2 Å². The summed E-state index contributed by atoms with van der Waals surface area (Å²) in [6.07, 6.45) is 2.98. The summed E-state index contributed by atoms with van der Waals surface area (Å²) < 4.78 is 1.43. The third-order valence-corrected chi connectivity index (χ3v) is 4.98. The SMILES string of the molecule is N#CC(C#N)=Cc1c(N2CCN(c3ccccc3)CC2)nc2ccccn2c1=O. The lowest BCUT2D eigenvalue weighted by Crippen LogP contribution is -2.47. The van der Waals surface area contributed by atoms with Crippen LogP contribution in [-0.2, 0) is 0 Å². The number of hydrogen-bond acceptors (Lipinski definition) is 6. The van der Waals surface area contributed by atoms with Crippen LogP contribution in [0, 0.1) is 22.7 Å². The second-order valence-corrected chi connectivity index (χ2v) is 6.67. The van der Waals surface area contributed by atoms with Gasteiger partial charge in [0.05, 0.1) is 5.56 Å². The molecule has 7 heteroatoms. The first-order valence-corrected chi connectivity index (χ1v) is 9.29. The fourth-order valence-corrected chi connectivity index (χ4v) is 3.51. The van der Waals surface area contributed by atoms with Crippen LogP contribution in [0.25, 0.3) is 11.7 Å². The minimum atomic E-state index is -0.293. The molecule has 0 atom stereocenters. The molecule has 1 aliphatic rings. The summed E-state index contributed by atoms with van der Waals surface area (Å²) >= 11 is 0. The lowest BCUT2D eigenvalue weighted by molar-refractivity contribution is 0.646. The first-order chi connectivity index (χ1) is 14.2. The third kappa shape index (κ3) is 3.54. The highest BCUT2D eigenvalue weighted by Crippen LogP contribution is 2.22. The van der Waals surface area contributed by atoms with Gasteiger partial charge in [-0.2, -0.15) is 10.5 Å². The van der Waals surface area contributed by atoms with Gasteiger partial charge in [0.2, 0.25) is 0 Å². The minimum absolute atomic E-state index is 0.121. The number of nitrogens with zero attached hydrogens (tertiary/aromatic N) is 6. The second-order valence-electron chi connectivity index (χ2n) is 6.67. The van der Waals surface area contributed by atoms with Gasteiger partial charge < -0.3 is 9.80 Å². The van der Waals surface area contributed by atoms with E-state index in [4.69, 9.17) is 10.5 Å². The average Bonchev–Trinajstić information content (AvgIpc) is 2.79. The van der Waals surface area contributed by atoms with Gasteiger partial charge in [-0.25, -0.2) is 4.98 Å². The summed E-state index contributed by atoms with van der Waals surface area (Å²) in [6.45, 7) is 2.93. The van der Waals surface area contributed by atoms with Crippen LogP contribution in [0.1, 0.15) is 5.56 Å². The van der Waals surface area contributed by atoms with Gasteiger partial charge >= 0.3 is 0 Å². The van der Waals surface area contributed by atoms with Crippen molar-refractivity contribution in [1.82, 2.24) is 9.38 Å². The van der Waals surface area contributed by atoms with Gasteiger partial charge in [0.15, 0.2) is 0 Å². The molecule has 1 fully saturated rings. The van der Waals surface area contributed by atoms with Gasteiger partial charge in [0, 0.05) is 38.1 Å². The summed E-state index contributed by atoms with van der Waals surface area (Å²) in [5.41, 5.74) is 1.55. The summed E-state index contributed by atoms with van der Waals surface area (Å²) in [5.74, 6) is 0.511. The Balaban J connectivity index is 1.74. The summed E-state index contributed by atoms with van der Waals surface area (Å²) in [5, 5.41) is 18.3. The molecule has 4 rings (SSSR count). The smallest absolute Gasteiger partial charge is 0.267 e. The molecule has 3 heterocycles. The van der Waals surface area contributed by atoms with Crippen molar-refractivity contribution in [2.45, 2.75) is 0 Å². The predicted octanol–water partition coefficient (Wildman–Crippen LogP) is 2.45. The maximum atomic E-state index is 13.1. The number of pyridine rings is 1. The standard InChI is InChI=1S/C22H18N6O/c23-15-17(16-24)14-19-21(25-20-8-4-5-9-28(20)22(19)29)27-12-10-26(11-13-27)18-6-2-1-3-7-18/h1-9,14H,10-13H2. The van der Waals surface area contributed by atoms with Crippen LogP contribution in [0.3, 0.4) is 0 Å². The topological polar surface area (TPSA) is 88.4 Å². The van der Waals surface area contributed by atoms with E-state index in [2.05, 4.69) is 22.0 Å². The molecule has 0 N–H and O–H groups in total. The van der Waals surface area contributed by atoms with Crippen molar-refractivity contribution < 1.29 is 0 Å². The summed E-state index contributed by atoms with van der Waals surface area (Å²) in [7, 11) is 0. The number of aromatic nitrogens is 2. The maximum absolute atomic E-state index is 13.1. The number of nitriles is 2. The number of para-hydroxylation sites is 1. The predicted molar refractivity (Wildman–Crippen MR) is 112 cm³/mol. The van der Waals surface area contributed by atoms with Crippen molar-refractivity contribution in [1.29, 1.82) is 10.5 Å². The Kier molecular flexibility index (Phi) is 4.96. The molecular weight excluding hydrogens is 364 g/mol. The van der Waals surface area contributed by atoms with E-state index in [1.54, 1.807) is 18.3 Å². The van der Waals surface area contributed by atoms with Gasteiger partial charge in [0.25, 0.3) is 5.56 Å². The van der Waals surface area contributed by atoms with Crippen LogP contribution < -0.4 is 15.4 Å². The van der Waals surface area contributed by atoms with E-state index in [0.717, 1.165) is 18.8 Å². The number of fused-ring (bicyclic) bond motifs is 1. The summed E-state index contributed by atoms with van der Waals surface area (Å²) in [6, 6.07) is 19.2. The Morgan fingerprint density at radius 1 is 0.931 bits per heavy atom. The van der Waals surface area contributed by atoms with Crippen molar-refractivity contribution in [3.8, 4) is 12.1 Å². The molecule has 2 aromatic heterocycles. The fourth-order valence-electron chi connectivity index (χ4n) is 3.51. The highest BCUT2D eigenvalue weighted by atomic mass is 16.1. The highest BCUT2D eigenvalue weighted by Gasteiger charge is 2.22. The lowest BCUT2D eigenvalue weighted by Gasteiger charge is -2.37. The van der Waals surface area contributed by atoms with Gasteiger partial charge in [-0.3, -0.25) is 9.20 Å². The normalized spacial score (nSPS) is 13.6. The van der Waals surface area contributed by atoms with Crippen LogP contribution in [0.4, 0.5) is 11.5 Å². The number of anilines is 2. The quantitative estimate of drug-likeness (QED) is 0.647. The van der Waals surface area contributed by atoms with Crippen molar-refractivity contribution in [2.24, 2.45) is 0 Å². The zero-order valence-corrected chi connectivity index (χ0v) is 15.7. The molecule has 3 aromatic rings. The first-order valence-electron chi connectivity index (χ1n) is 9.29. The Morgan fingerprint density at radius 2 is 1.59 bits per heavy atom. The summed E-state index contributed by atoms with van der Waals surface area (Å²) in [4.78, 5) is 22.1. The van der Waals surface area contributed by atoms with Crippen LogP contribution in [-0.4, -0.2) is 35.6 Å². The highest BCUT2D eigenvalue weighted by molar-refractivity contribution is 5.72. The first kappa shape index (κ1) is 18.3. The molecule has 1 saturated heterocycles. The molecule has 0 bridgehead atoms. The number of hydrogen-bond donors (Lipinski definition) is 0. The van der Waals surface area contributed by atoms with E-state index in [-0.39, 0.29) is 16.7 Å². The average molecular weight is 382 g/mol. The van der Waals surface area contributed by atoms with E-state index >= 15 is 0 Å². The second kappa shape index (κ2) is 7.87. The molecule has 0 unspecified atom stereocenters. The fraction of sp³-hybridized carbons (Fsp3) is 0.182. The van der Waals surface area contributed by atoms with E-state index in [0.29, 0.717) is 24.6 Å². The van der Waals surface area contributed by atoms with Crippen molar-refractivity contribution in [3.63, 3.8) is 0 Å². The van der Waals surface area contributed by atoms with E-state index < -0.39 is 0 Å². The van der Waals surface area contributed by atoms with Crippen LogP contribution in [0.15, 0.2) is 65.1 Å². The molecule has 1 aliphatic heterocycles. The molecule has 0 radical (unpaired) electrons. The number of piperazine rings is 1. The molecule has 0 aliphatic carbocycles. The molecular formula is C22H18N6O. The number of allylic oxidation sites excluding steroid dienone is 1. The maximum Gasteiger partial charge on any atom is 0.267 e. The molecule has 1 aromatic carbocycles. The monoisotopic (exact) mass is 382 g/mol. The lowest BCUT2D eigenvalue weighted by atomic mass is 10.1. The van der Waals surface area contributed by atoms with Crippen LogP contribution >= 0.6 is 0 Å². The van der Waals surface area contributed by atoms with Crippen LogP contribution in [0.2, 0.25) is 0 Å². The molecule has 142 valence electrons. The zero-order valence-electron chi connectivity index (χ0n) is 15.7. The van der Waals surface area contributed by atoms with Gasteiger partial charge in [-0.15, -0.1) is 0 Å². The van der Waals surface area contributed by atoms with Gasteiger partial charge in [-0.1, -0.05) is 24.3 Å². The van der Waals surface area contributed by atoms with Crippen LogP contribution in [0.5, 0.6) is 0 Å². The van der Waals surface area contributed by atoms with Crippen molar-refractivity contribution >= 4 is 23.2 Å². The molecule has 7 nitrogen and oxygen atoms in total. The Hall–Kier alpha value is -4.10. The number of rotatable bonds is 3. The van der Waals surface area contributed by atoms with Crippen molar-refractivity contribution in [2.75, 3.05) is 36.0 Å². The van der Waals surface area contributed by atoms with E-state index in [1.165, 1.54) is 10.5 Å². The van der Waals surface area contributed by atoms with Gasteiger partial charge in [0.1, 0.15) is 29.2 Å². The Morgan fingerprint density at radius 3 is 2.28 bits per heavy atom. The number of benzene rings is 1. The van der Waals surface area contributed by atoms with Gasteiger partial charge in [-0.05, 0) is 30.3 Å². The Labute approximate surface area is 168 Å². The van der Waals surface area contributed by atoms with E-state index in [1.807, 2.05) is 41.3 Å². The molecule has 0 spiro atoms. The largest absolute Gasteiger partial charge is 0.368 e. The molecule has 0 amide bonds. The third-order valence-electron chi connectivity index (χ3n) is 4.98. The zero-order chi connectivity index (χ0) is 20.2. The molecule has 29 heavy (non-hydrogen) atoms. The Bertz CT molecular complexity index is 1190. The molecule has 0 saturated carbocycles. The van der Waals surface area contributed by atoms with E-state index in [9.17, 15) is 4.79 Å².